The minimum atomic E-state index is -1.33. The van der Waals surface area contributed by atoms with Crippen LogP contribution in [0.3, 0.4) is 0 Å². The molecule has 17 heavy (non-hydrogen) atoms. The van der Waals surface area contributed by atoms with Crippen molar-refractivity contribution in [3.8, 4) is 0 Å². The van der Waals surface area contributed by atoms with Crippen molar-refractivity contribution in [2.24, 2.45) is 5.73 Å². The van der Waals surface area contributed by atoms with E-state index < -0.39 is 25.9 Å². The molecule has 0 heterocycles. The SMILES string of the molecule is CCC[CH2][SnH]([CH2]CCC)[CH2]CCC.NC(=O)O. The summed E-state index contributed by atoms with van der Waals surface area (Å²) in [5.74, 6) is 0. The average molecular weight is 352 g/mol. The monoisotopic (exact) mass is 353 g/mol. The molecule has 0 aliphatic heterocycles. The van der Waals surface area contributed by atoms with Crippen LogP contribution in [-0.4, -0.2) is 31.0 Å². The van der Waals surface area contributed by atoms with E-state index in [1.807, 2.05) is 0 Å². The third-order valence-electron chi connectivity index (χ3n) is 2.90. The number of hydrogen-bond acceptors (Lipinski definition) is 1. The molecule has 3 N–H and O–H groups in total. The summed E-state index contributed by atoms with van der Waals surface area (Å²) in [5.41, 5.74) is 4.03. The fourth-order valence-corrected chi connectivity index (χ4v) is 12.8. The van der Waals surface area contributed by atoms with E-state index in [2.05, 4.69) is 26.5 Å². The largest absolute Gasteiger partial charge is 0.465 e. The Morgan fingerprint density at radius 1 is 0.941 bits per heavy atom. The molecule has 0 aliphatic carbocycles. The molecular weight excluding hydrogens is 321 g/mol. The number of carbonyl (C=O) groups is 1. The van der Waals surface area contributed by atoms with E-state index >= 15 is 0 Å². The zero-order chi connectivity index (χ0) is 13.5. The summed E-state index contributed by atoms with van der Waals surface area (Å²) in [7, 11) is 0. The summed E-state index contributed by atoms with van der Waals surface area (Å²) in [4.78, 5) is 8.78. The fraction of sp³-hybridized carbons (Fsp3) is 0.923. The molecule has 0 bridgehead atoms. The number of primary amides is 1. The number of rotatable bonds is 9. The van der Waals surface area contributed by atoms with Gasteiger partial charge < -0.3 is 10.8 Å². The minimum absolute atomic E-state index is 0.967. The number of nitrogens with two attached hydrogens (primary N) is 1. The van der Waals surface area contributed by atoms with Gasteiger partial charge in [-0.25, -0.2) is 4.79 Å². The summed E-state index contributed by atoms with van der Waals surface area (Å²) >= 11 is -0.967. The van der Waals surface area contributed by atoms with Crippen LogP contribution < -0.4 is 5.73 Å². The summed E-state index contributed by atoms with van der Waals surface area (Å²) in [6.45, 7) is 7.01. The topological polar surface area (TPSA) is 63.3 Å². The molecule has 0 unspecified atom stereocenters. The van der Waals surface area contributed by atoms with Gasteiger partial charge in [0.1, 0.15) is 0 Å². The Kier molecular flexibility index (Phi) is 18.3. The first-order valence-corrected chi connectivity index (χ1v) is 14.1. The van der Waals surface area contributed by atoms with Crippen molar-refractivity contribution in [1.29, 1.82) is 0 Å². The van der Waals surface area contributed by atoms with Gasteiger partial charge in [0.25, 0.3) is 0 Å². The van der Waals surface area contributed by atoms with Crippen LogP contribution in [0.15, 0.2) is 0 Å². The molecular formula is C13H31NO2Sn. The average Bonchev–Trinajstić information content (AvgIpc) is 2.27. The normalized spacial score (nSPS) is 9.88. The first-order chi connectivity index (χ1) is 8.08. The van der Waals surface area contributed by atoms with Gasteiger partial charge in [0.2, 0.25) is 0 Å². The smallest absolute Gasteiger partial charge is 0.402 e. The molecule has 0 saturated carbocycles. The van der Waals surface area contributed by atoms with Gasteiger partial charge >= 0.3 is 98.5 Å². The van der Waals surface area contributed by atoms with E-state index in [1.54, 1.807) is 13.3 Å². The Balaban J connectivity index is 0. The van der Waals surface area contributed by atoms with Gasteiger partial charge in [-0.05, 0) is 0 Å². The molecule has 0 saturated heterocycles. The fourth-order valence-electron chi connectivity index (χ4n) is 1.91. The molecule has 0 radical (unpaired) electrons. The van der Waals surface area contributed by atoms with Crippen molar-refractivity contribution in [3.63, 3.8) is 0 Å². The van der Waals surface area contributed by atoms with Gasteiger partial charge in [0, 0.05) is 0 Å². The summed E-state index contributed by atoms with van der Waals surface area (Å²) in [5, 5.41) is 7.19. The molecule has 0 aromatic carbocycles. The summed E-state index contributed by atoms with van der Waals surface area (Å²) in [6.07, 6.45) is 7.54. The second-order valence-electron chi connectivity index (χ2n) is 4.63. The first-order valence-electron chi connectivity index (χ1n) is 7.06. The molecule has 0 fully saturated rings. The van der Waals surface area contributed by atoms with Crippen molar-refractivity contribution in [2.45, 2.75) is 72.6 Å². The zero-order valence-electron chi connectivity index (χ0n) is 11.9. The number of amides is 1. The second kappa shape index (κ2) is 16.1. The van der Waals surface area contributed by atoms with Crippen molar-refractivity contribution in [1.82, 2.24) is 0 Å². The molecule has 0 atom stereocenters. The predicted molar refractivity (Wildman–Crippen MR) is 78.5 cm³/mol. The molecule has 0 spiro atoms. The summed E-state index contributed by atoms with van der Waals surface area (Å²) in [6, 6.07) is 0. The summed E-state index contributed by atoms with van der Waals surface area (Å²) < 4.78 is 5.08. The van der Waals surface area contributed by atoms with E-state index in [0.717, 1.165) is 0 Å². The second-order valence-corrected chi connectivity index (χ2v) is 14.5. The standard InChI is InChI=1S/3C4H9.CH3NO2.Sn.H/c3*1-3-4-2;2-1(3)4;;/h3*1,3-4H2,2H3;2H2,(H,3,4);;. The Morgan fingerprint density at radius 3 is 1.35 bits per heavy atom. The van der Waals surface area contributed by atoms with E-state index in [0.29, 0.717) is 0 Å². The molecule has 0 aliphatic rings. The van der Waals surface area contributed by atoms with Gasteiger partial charge in [-0.1, -0.05) is 0 Å². The van der Waals surface area contributed by atoms with Crippen LogP contribution in [0.2, 0.25) is 13.3 Å². The Hall–Kier alpha value is 0.0687. The van der Waals surface area contributed by atoms with Gasteiger partial charge in [0.05, 0.1) is 0 Å². The molecule has 0 aromatic heterocycles. The maximum atomic E-state index is 8.78. The Bertz CT molecular complexity index is 142. The van der Waals surface area contributed by atoms with Crippen LogP contribution in [0.4, 0.5) is 4.79 Å². The number of carboxylic acid groups (broad SMARTS) is 1. The molecule has 3 nitrogen and oxygen atoms in total. The van der Waals surface area contributed by atoms with Crippen LogP contribution in [0.25, 0.3) is 0 Å². The molecule has 1 amide bonds. The molecule has 4 heteroatoms. The number of hydrogen-bond donors (Lipinski definition) is 2. The van der Waals surface area contributed by atoms with Gasteiger partial charge in [-0.15, -0.1) is 0 Å². The van der Waals surface area contributed by atoms with Crippen LogP contribution in [0, 0.1) is 0 Å². The third kappa shape index (κ3) is 21.8. The zero-order valence-corrected chi connectivity index (χ0v) is 15.2. The Labute approximate surface area is 114 Å². The maximum absolute atomic E-state index is 8.78. The van der Waals surface area contributed by atoms with E-state index in [4.69, 9.17) is 9.90 Å². The third-order valence-corrected chi connectivity index (χ3v) is 13.4. The molecule has 104 valence electrons. The predicted octanol–water partition coefficient (Wildman–Crippen LogP) is 4.24. The van der Waals surface area contributed by atoms with E-state index in [1.165, 1.54) is 38.5 Å². The van der Waals surface area contributed by atoms with Crippen molar-refractivity contribution in [2.75, 3.05) is 0 Å². The number of unbranched alkanes of at least 4 members (excludes halogenated alkanes) is 3. The maximum Gasteiger partial charge on any atom is 0.402 e. The first kappa shape index (κ1) is 19.4. The van der Waals surface area contributed by atoms with Gasteiger partial charge in [-0.3, -0.25) is 0 Å². The van der Waals surface area contributed by atoms with Gasteiger partial charge in [0.15, 0.2) is 0 Å². The van der Waals surface area contributed by atoms with E-state index in [-0.39, 0.29) is 0 Å². The minimum Gasteiger partial charge on any atom is -0.465 e. The Morgan fingerprint density at radius 2 is 1.18 bits per heavy atom. The van der Waals surface area contributed by atoms with Crippen LogP contribution in [0.5, 0.6) is 0 Å². The van der Waals surface area contributed by atoms with Crippen molar-refractivity contribution >= 4 is 25.9 Å². The molecule has 0 aromatic rings. The van der Waals surface area contributed by atoms with Crippen LogP contribution in [0.1, 0.15) is 59.3 Å². The van der Waals surface area contributed by atoms with Gasteiger partial charge in [-0.2, -0.15) is 0 Å². The van der Waals surface area contributed by atoms with Crippen LogP contribution >= 0.6 is 0 Å². The van der Waals surface area contributed by atoms with Crippen molar-refractivity contribution in [3.05, 3.63) is 0 Å². The van der Waals surface area contributed by atoms with Crippen LogP contribution in [-0.2, 0) is 0 Å². The quantitative estimate of drug-likeness (QED) is 0.610. The molecule has 0 rings (SSSR count). The van der Waals surface area contributed by atoms with Crippen molar-refractivity contribution < 1.29 is 9.90 Å². The van der Waals surface area contributed by atoms with E-state index in [9.17, 15) is 0 Å².